The maximum Gasteiger partial charge on any atom is 0.280 e. The van der Waals surface area contributed by atoms with Crippen molar-refractivity contribution in [3.8, 4) is 5.88 Å². The Balaban J connectivity index is 1.79. The Morgan fingerprint density at radius 2 is 2.41 bits per heavy atom. The molecule has 0 saturated carbocycles. The van der Waals surface area contributed by atoms with Gasteiger partial charge in [-0.15, -0.1) is 0 Å². The summed E-state index contributed by atoms with van der Waals surface area (Å²) in [5.41, 5.74) is 0. The van der Waals surface area contributed by atoms with Crippen molar-refractivity contribution in [2.45, 2.75) is 25.9 Å². The summed E-state index contributed by atoms with van der Waals surface area (Å²) in [5.74, 6) is -0.353. The molecule has 17 heavy (non-hydrogen) atoms. The van der Waals surface area contributed by atoms with Gasteiger partial charge in [-0.3, -0.25) is 0 Å². The highest BCUT2D eigenvalue weighted by atomic mass is 16.9. The summed E-state index contributed by atoms with van der Waals surface area (Å²) in [6.07, 6.45) is 1.56. The van der Waals surface area contributed by atoms with E-state index in [2.05, 4.69) is 4.98 Å². The number of nitrogens with zero attached hydrogens (tertiary/aromatic N) is 1. The molecular weight excluding hydrogens is 222 g/mol. The van der Waals surface area contributed by atoms with Crippen molar-refractivity contribution in [3.63, 3.8) is 0 Å². The summed E-state index contributed by atoms with van der Waals surface area (Å²) in [7, 11) is 0. The van der Waals surface area contributed by atoms with Gasteiger partial charge in [-0.1, -0.05) is 6.07 Å². The molecule has 0 bridgehead atoms. The molecule has 0 N–H and O–H groups in total. The van der Waals surface area contributed by atoms with Crippen LogP contribution >= 0.6 is 0 Å². The smallest absolute Gasteiger partial charge is 0.280 e. The highest BCUT2D eigenvalue weighted by Crippen LogP contribution is 2.24. The average Bonchev–Trinajstić information content (AvgIpc) is 2.70. The van der Waals surface area contributed by atoms with Gasteiger partial charge in [0.1, 0.15) is 12.7 Å². The van der Waals surface area contributed by atoms with Crippen LogP contribution in [0.5, 0.6) is 5.88 Å². The van der Waals surface area contributed by atoms with Crippen molar-refractivity contribution in [2.24, 2.45) is 0 Å². The van der Waals surface area contributed by atoms with Crippen molar-refractivity contribution in [2.75, 3.05) is 19.8 Å². The Morgan fingerprint density at radius 3 is 3.12 bits per heavy atom. The van der Waals surface area contributed by atoms with E-state index in [1.165, 1.54) is 0 Å². The van der Waals surface area contributed by atoms with E-state index < -0.39 is 5.97 Å². The quantitative estimate of drug-likeness (QED) is 0.781. The van der Waals surface area contributed by atoms with Crippen LogP contribution < -0.4 is 4.74 Å². The highest BCUT2D eigenvalue weighted by molar-refractivity contribution is 5.09. The summed E-state index contributed by atoms with van der Waals surface area (Å²) >= 11 is 0. The van der Waals surface area contributed by atoms with E-state index in [9.17, 15) is 0 Å². The maximum atomic E-state index is 5.61. The molecule has 1 aliphatic heterocycles. The molecule has 0 radical (unpaired) electrons. The van der Waals surface area contributed by atoms with E-state index in [1.54, 1.807) is 19.2 Å². The van der Waals surface area contributed by atoms with Gasteiger partial charge < -0.3 is 18.9 Å². The molecule has 0 spiro atoms. The zero-order valence-electron chi connectivity index (χ0n) is 10.1. The summed E-state index contributed by atoms with van der Waals surface area (Å²) in [6.45, 7) is 5.07. The molecule has 1 aromatic rings. The molecule has 0 aromatic carbocycles. The van der Waals surface area contributed by atoms with Crippen molar-refractivity contribution < 1.29 is 18.9 Å². The minimum atomic E-state index is -0.938. The third-order valence-corrected chi connectivity index (χ3v) is 2.37. The van der Waals surface area contributed by atoms with Crippen molar-refractivity contribution in [1.29, 1.82) is 0 Å². The van der Waals surface area contributed by atoms with E-state index in [-0.39, 0.29) is 6.10 Å². The minimum Gasteiger partial charge on any atom is -0.475 e. The van der Waals surface area contributed by atoms with Gasteiger partial charge in [-0.25, -0.2) is 4.98 Å². The molecule has 1 saturated heterocycles. The second-order valence-electron chi connectivity index (χ2n) is 3.83. The lowest BCUT2D eigenvalue weighted by atomic mass is 10.4. The SMILES string of the molecule is CCOC1(C)OCC(COc2ccccn2)O1. The normalized spacial score (nSPS) is 28.2. The molecule has 0 amide bonds. The van der Waals surface area contributed by atoms with E-state index in [0.717, 1.165) is 0 Å². The van der Waals surface area contributed by atoms with Crippen LogP contribution in [0.3, 0.4) is 0 Å². The Labute approximate surface area is 101 Å². The number of hydrogen-bond acceptors (Lipinski definition) is 5. The van der Waals surface area contributed by atoms with Gasteiger partial charge in [0.2, 0.25) is 5.88 Å². The van der Waals surface area contributed by atoms with Gasteiger partial charge in [0.15, 0.2) is 0 Å². The lowest BCUT2D eigenvalue weighted by molar-refractivity contribution is -0.324. The third-order valence-electron chi connectivity index (χ3n) is 2.37. The van der Waals surface area contributed by atoms with Gasteiger partial charge in [0.25, 0.3) is 5.97 Å². The Kier molecular flexibility index (Phi) is 3.93. The van der Waals surface area contributed by atoms with Crippen LogP contribution in [-0.2, 0) is 14.2 Å². The molecule has 1 fully saturated rings. The molecule has 5 nitrogen and oxygen atoms in total. The fourth-order valence-electron chi connectivity index (χ4n) is 1.65. The standard InChI is InChI=1S/C12H17NO4/c1-3-15-12(2)16-9-10(17-12)8-14-11-6-4-5-7-13-11/h4-7,10H,3,8-9H2,1-2H3. The topological polar surface area (TPSA) is 49.8 Å². The number of rotatable bonds is 5. The second-order valence-corrected chi connectivity index (χ2v) is 3.83. The van der Waals surface area contributed by atoms with Crippen LogP contribution in [0.1, 0.15) is 13.8 Å². The Bertz CT molecular complexity index is 346. The van der Waals surface area contributed by atoms with E-state index in [4.69, 9.17) is 18.9 Å². The predicted molar refractivity (Wildman–Crippen MR) is 60.6 cm³/mol. The van der Waals surface area contributed by atoms with Gasteiger partial charge in [0.05, 0.1) is 6.61 Å². The van der Waals surface area contributed by atoms with Crippen molar-refractivity contribution in [3.05, 3.63) is 24.4 Å². The summed E-state index contributed by atoms with van der Waals surface area (Å²) in [4.78, 5) is 4.06. The summed E-state index contributed by atoms with van der Waals surface area (Å²) in [5, 5.41) is 0. The Morgan fingerprint density at radius 1 is 1.53 bits per heavy atom. The maximum absolute atomic E-state index is 5.61. The lowest BCUT2D eigenvalue weighted by Crippen LogP contribution is -2.31. The molecule has 2 atom stereocenters. The molecule has 0 aliphatic carbocycles. The molecule has 2 unspecified atom stereocenters. The molecule has 1 aliphatic rings. The zero-order valence-corrected chi connectivity index (χ0v) is 10.1. The summed E-state index contributed by atoms with van der Waals surface area (Å²) < 4.78 is 21.9. The molecular formula is C12H17NO4. The van der Waals surface area contributed by atoms with Crippen LogP contribution in [0, 0.1) is 0 Å². The van der Waals surface area contributed by atoms with E-state index >= 15 is 0 Å². The average molecular weight is 239 g/mol. The monoisotopic (exact) mass is 239 g/mol. The number of ether oxygens (including phenoxy) is 4. The largest absolute Gasteiger partial charge is 0.475 e. The highest BCUT2D eigenvalue weighted by Gasteiger charge is 2.38. The lowest BCUT2D eigenvalue weighted by Gasteiger charge is -2.22. The predicted octanol–water partition coefficient (Wildman–Crippen LogP) is 1.59. The van der Waals surface area contributed by atoms with E-state index in [1.807, 2.05) is 19.1 Å². The van der Waals surface area contributed by atoms with Crippen LogP contribution in [0.4, 0.5) is 0 Å². The first-order valence-corrected chi connectivity index (χ1v) is 5.71. The zero-order chi connectivity index (χ0) is 12.1. The van der Waals surface area contributed by atoms with Gasteiger partial charge >= 0.3 is 0 Å². The molecule has 2 rings (SSSR count). The molecule has 94 valence electrons. The molecule has 2 heterocycles. The minimum absolute atomic E-state index is 0.131. The van der Waals surface area contributed by atoms with Gasteiger partial charge in [-0.05, 0) is 13.0 Å². The first-order chi connectivity index (χ1) is 8.22. The fourth-order valence-corrected chi connectivity index (χ4v) is 1.65. The number of pyridine rings is 1. The number of aromatic nitrogens is 1. The fraction of sp³-hybridized carbons (Fsp3) is 0.583. The number of hydrogen-bond donors (Lipinski definition) is 0. The van der Waals surface area contributed by atoms with Crippen LogP contribution in [-0.4, -0.2) is 36.9 Å². The van der Waals surface area contributed by atoms with Crippen LogP contribution in [0.15, 0.2) is 24.4 Å². The van der Waals surface area contributed by atoms with Gasteiger partial charge in [-0.2, -0.15) is 0 Å². The molecule has 1 aromatic heterocycles. The van der Waals surface area contributed by atoms with Crippen LogP contribution in [0.2, 0.25) is 0 Å². The Hall–Kier alpha value is -1.17. The second kappa shape index (κ2) is 5.44. The van der Waals surface area contributed by atoms with Crippen molar-refractivity contribution >= 4 is 0 Å². The first kappa shape index (κ1) is 12.3. The van der Waals surface area contributed by atoms with Gasteiger partial charge in [0, 0.05) is 25.8 Å². The summed E-state index contributed by atoms with van der Waals surface area (Å²) in [6, 6.07) is 5.52. The van der Waals surface area contributed by atoms with E-state index in [0.29, 0.717) is 25.7 Å². The van der Waals surface area contributed by atoms with Crippen LogP contribution in [0.25, 0.3) is 0 Å². The molecule has 5 heteroatoms. The van der Waals surface area contributed by atoms with Crippen molar-refractivity contribution in [1.82, 2.24) is 4.98 Å². The third kappa shape index (κ3) is 3.39. The first-order valence-electron chi connectivity index (χ1n) is 5.71.